The molecule has 2 atom stereocenters. The van der Waals surface area contributed by atoms with Crippen LogP contribution in [0.25, 0.3) is 0 Å². The molecule has 0 aliphatic carbocycles. The number of ether oxygens (including phenoxy) is 1. The monoisotopic (exact) mass is 334 g/mol. The molecule has 2 aliphatic heterocycles. The van der Waals surface area contributed by atoms with Crippen LogP contribution in [0.4, 0.5) is 0 Å². The number of carboxylic acid groups (broad SMARTS) is 1. The number of carbonyl (C=O) groups is 3. The lowest BCUT2D eigenvalue weighted by Gasteiger charge is -2.42. The second-order valence-electron chi connectivity index (χ2n) is 5.07. The fourth-order valence-corrected chi connectivity index (χ4v) is 3.79. The molecule has 2 amide bonds. The number of β-lactam (4-membered cyclic amide) rings is 1. The molecule has 1 aromatic rings. The number of benzene rings is 1. The van der Waals surface area contributed by atoms with Crippen LogP contribution in [-0.2, 0) is 14.4 Å². The summed E-state index contributed by atoms with van der Waals surface area (Å²) in [6, 6.07) is 8.14. The Morgan fingerprint density at radius 2 is 2.04 bits per heavy atom. The van der Waals surface area contributed by atoms with Crippen LogP contribution in [0.1, 0.15) is 6.92 Å². The molecule has 0 radical (unpaired) electrons. The number of rotatable bonds is 5. The number of allylic oxidation sites excluding steroid dienone is 1. The van der Waals surface area contributed by atoms with Crippen molar-refractivity contribution in [3.05, 3.63) is 40.9 Å². The number of hydrogen-bond acceptors (Lipinski definition) is 5. The van der Waals surface area contributed by atoms with E-state index in [-0.39, 0.29) is 12.3 Å². The number of nitrogens with zero attached hydrogens (tertiary/aromatic N) is 1. The van der Waals surface area contributed by atoms with E-state index in [1.54, 1.807) is 31.2 Å². The molecular weight excluding hydrogens is 320 g/mol. The lowest BCUT2D eigenvalue weighted by Crippen LogP contribution is -2.68. The van der Waals surface area contributed by atoms with Crippen LogP contribution >= 0.6 is 11.8 Å². The van der Waals surface area contributed by atoms with E-state index in [0.29, 0.717) is 10.7 Å². The van der Waals surface area contributed by atoms with Gasteiger partial charge >= 0.3 is 5.97 Å². The minimum absolute atomic E-state index is 0.00367. The normalized spacial score (nSPS) is 22.5. The number of carboxylic acids is 1. The summed E-state index contributed by atoms with van der Waals surface area (Å²) in [7, 11) is 0. The molecular formula is C15H14N2O5S. The van der Waals surface area contributed by atoms with Gasteiger partial charge in [-0.3, -0.25) is 14.5 Å². The van der Waals surface area contributed by atoms with Crippen molar-refractivity contribution in [3.8, 4) is 5.75 Å². The smallest absolute Gasteiger partial charge is 0.353 e. The third-order valence-corrected chi connectivity index (χ3v) is 4.82. The number of hydrogen-bond donors (Lipinski definition) is 2. The van der Waals surface area contributed by atoms with Crippen molar-refractivity contribution >= 4 is 29.5 Å². The standard InChI is InChI=1S/C15H14N2O5S/c1-8-12(15(20)21)17-13(19)11(14(17)23-8)16-10(18)7-22-9-5-3-2-4-6-9/h2-6,11,14H,7H2,1H3,(H,16,18)(H,20,21)/t11-,14+/m1/s1. The van der Waals surface area contributed by atoms with Gasteiger partial charge in [-0.2, -0.15) is 0 Å². The molecule has 2 heterocycles. The van der Waals surface area contributed by atoms with Crippen LogP contribution in [0.3, 0.4) is 0 Å². The molecule has 0 bridgehead atoms. The highest BCUT2D eigenvalue weighted by atomic mass is 32.2. The molecule has 2 N–H and O–H groups in total. The minimum atomic E-state index is -1.14. The van der Waals surface area contributed by atoms with Crippen molar-refractivity contribution in [2.75, 3.05) is 6.61 Å². The van der Waals surface area contributed by atoms with Crippen molar-refractivity contribution in [1.82, 2.24) is 10.2 Å². The first-order valence-corrected chi connectivity index (χ1v) is 7.78. The largest absolute Gasteiger partial charge is 0.484 e. The second kappa shape index (κ2) is 5.96. The SMILES string of the molecule is CC1=C(C(=O)O)N2C(=O)[C@@H](NC(=O)COc3ccccc3)[C@@H]2S1. The number of carbonyl (C=O) groups excluding carboxylic acids is 2. The Morgan fingerprint density at radius 3 is 2.70 bits per heavy atom. The van der Waals surface area contributed by atoms with E-state index < -0.39 is 29.2 Å². The molecule has 0 saturated carbocycles. The fraction of sp³-hybridized carbons (Fsp3) is 0.267. The van der Waals surface area contributed by atoms with E-state index in [9.17, 15) is 14.4 Å². The average molecular weight is 334 g/mol. The highest BCUT2D eigenvalue weighted by molar-refractivity contribution is 8.04. The van der Waals surface area contributed by atoms with Gasteiger partial charge in [0.2, 0.25) is 0 Å². The fourth-order valence-electron chi connectivity index (χ4n) is 2.50. The number of para-hydroxylation sites is 1. The highest BCUT2D eigenvalue weighted by Crippen LogP contribution is 2.45. The number of nitrogens with one attached hydrogen (secondary N) is 1. The maximum Gasteiger partial charge on any atom is 0.353 e. The van der Waals surface area contributed by atoms with Gasteiger partial charge in [-0.15, -0.1) is 11.8 Å². The third-order valence-electron chi connectivity index (χ3n) is 3.55. The first-order valence-electron chi connectivity index (χ1n) is 6.90. The van der Waals surface area contributed by atoms with Gasteiger partial charge in [-0.1, -0.05) is 18.2 Å². The quantitative estimate of drug-likeness (QED) is 0.773. The zero-order valence-corrected chi connectivity index (χ0v) is 13.0. The lowest BCUT2D eigenvalue weighted by molar-refractivity contribution is -0.150. The Hall–Kier alpha value is -2.48. The Balaban J connectivity index is 1.56. The maximum absolute atomic E-state index is 12.1. The molecule has 7 nitrogen and oxygen atoms in total. The molecule has 0 aromatic heterocycles. The summed E-state index contributed by atoms with van der Waals surface area (Å²) in [6.45, 7) is 1.44. The molecule has 2 aliphatic rings. The number of amides is 2. The van der Waals surface area contributed by atoms with E-state index in [0.717, 1.165) is 0 Å². The molecule has 0 spiro atoms. The highest BCUT2D eigenvalue weighted by Gasteiger charge is 2.55. The lowest BCUT2D eigenvalue weighted by atomic mass is 10.1. The van der Waals surface area contributed by atoms with Crippen LogP contribution in [0.15, 0.2) is 40.9 Å². The average Bonchev–Trinajstić information content (AvgIpc) is 2.85. The Kier molecular flexibility index (Phi) is 3.99. The molecule has 120 valence electrons. The topological polar surface area (TPSA) is 95.9 Å². The molecule has 23 heavy (non-hydrogen) atoms. The van der Waals surface area contributed by atoms with Crippen LogP contribution < -0.4 is 10.1 Å². The molecule has 1 aromatic carbocycles. The summed E-state index contributed by atoms with van der Waals surface area (Å²) in [4.78, 5) is 36.9. The molecule has 8 heteroatoms. The van der Waals surface area contributed by atoms with Crippen molar-refractivity contribution in [1.29, 1.82) is 0 Å². The third kappa shape index (κ3) is 2.77. The van der Waals surface area contributed by atoms with Gasteiger partial charge in [0, 0.05) is 4.91 Å². The van der Waals surface area contributed by atoms with E-state index in [2.05, 4.69) is 5.32 Å². The molecule has 1 fully saturated rings. The van der Waals surface area contributed by atoms with Gasteiger partial charge in [0.05, 0.1) is 0 Å². The predicted molar refractivity (Wildman–Crippen MR) is 82.4 cm³/mol. The van der Waals surface area contributed by atoms with Crippen LogP contribution in [0, 0.1) is 0 Å². The second-order valence-corrected chi connectivity index (χ2v) is 6.40. The van der Waals surface area contributed by atoms with Crippen molar-refractivity contribution in [2.45, 2.75) is 18.3 Å². The maximum atomic E-state index is 12.1. The summed E-state index contributed by atoms with van der Waals surface area (Å²) >= 11 is 1.27. The van der Waals surface area contributed by atoms with E-state index in [4.69, 9.17) is 9.84 Å². The van der Waals surface area contributed by atoms with Gasteiger partial charge in [-0.25, -0.2) is 4.79 Å². The minimum Gasteiger partial charge on any atom is -0.484 e. The zero-order chi connectivity index (χ0) is 16.6. The van der Waals surface area contributed by atoms with E-state index in [1.165, 1.54) is 16.7 Å². The van der Waals surface area contributed by atoms with Gasteiger partial charge in [0.15, 0.2) is 6.61 Å². The summed E-state index contributed by atoms with van der Waals surface area (Å²) in [5.74, 6) is -1.41. The predicted octanol–water partition coefficient (Wildman–Crippen LogP) is 0.781. The van der Waals surface area contributed by atoms with Gasteiger partial charge < -0.3 is 15.2 Å². The number of thioether (sulfide) groups is 1. The first-order chi connectivity index (χ1) is 11.0. The van der Waals surface area contributed by atoms with Crippen molar-refractivity contribution < 1.29 is 24.2 Å². The summed E-state index contributed by atoms with van der Waals surface area (Å²) < 4.78 is 5.32. The Labute approximate surface area is 136 Å². The Morgan fingerprint density at radius 1 is 1.35 bits per heavy atom. The summed E-state index contributed by atoms with van der Waals surface area (Å²) in [5.41, 5.74) is -0.00367. The Bertz CT molecular complexity index is 703. The number of fused-ring (bicyclic) bond motifs is 1. The van der Waals surface area contributed by atoms with Crippen molar-refractivity contribution in [2.24, 2.45) is 0 Å². The first kappa shape index (κ1) is 15.4. The van der Waals surface area contributed by atoms with Gasteiger partial charge in [0.1, 0.15) is 22.9 Å². The molecule has 1 saturated heterocycles. The van der Waals surface area contributed by atoms with Crippen LogP contribution in [-0.4, -0.2) is 45.8 Å². The van der Waals surface area contributed by atoms with Crippen molar-refractivity contribution in [3.63, 3.8) is 0 Å². The molecule has 0 unspecified atom stereocenters. The van der Waals surface area contributed by atoms with Crippen LogP contribution in [0.5, 0.6) is 5.75 Å². The van der Waals surface area contributed by atoms with Crippen LogP contribution in [0.2, 0.25) is 0 Å². The van der Waals surface area contributed by atoms with E-state index in [1.807, 2.05) is 6.07 Å². The van der Waals surface area contributed by atoms with Gasteiger partial charge in [-0.05, 0) is 19.1 Å². The van der Waals surface area contributed by atoms with E-state index >= 15 is 0 Å². The summed E-state index contributed by atoms with van der Waals surface area (Å²) in [5, 5.41) is 11.3. The summed E-state index contributed by atoms with van der Waals surface area (Å²) in [6.07, 6.45) is 0. The van der Waals surface area contributed by atoms with Gasteiger partial charge in [0.25, 0.3) is 11.8 Å². The number of aliphatic carboxylic acids is 1. The molecule has 3 rings (SSSR count). The zero-order valence-electron chi connectivity index (χ0n) is 12.2.